The Kier molecular flexibility index (Phi) is 6.19. The third-order valence-electron chi connectivity index (χ3n) is 5.41. The Morgan fingerprint density at radius 3 is 2.43 bits per heavy atom. The second-order valence-electron chi connectivity index (χ2n) is 8.18. The van der Waals surface area contributed by atoms with E-state index >= 15 is 0 Å². The highest BCUT2D eigenvalue weighted by Gasteiger charge is 2.28. The molecule has 2 aromatic rings. The molecule has 1 saturated heterocycles. The summed E-state index contributed by atoms with van der Waals surface area (Å²) >= 11 is 0. The van der Waals surface area contributed by atoms with Gasteiger partial charge in [-0.2, -0.15) is 5.10 Å². The van der Waals surface area contributed by atoms with E-state index in [4.69, 9.17) is 0 Å². The third-order valence-corrected chi connectivity index (χ3v) is 5.41. The number of hydrogen-bond donors (Lipinski definition) is 1. The fourth-order valence-corrected chi connectivity index (χ4v) is 4.21. The summed E-state index contributed by atoms with van der Waals surface area (Å²) in [4.78, 5) is 38.2. The van der Waals surface area contributed by atoms with Gasteiger partial charge in [-0.25, -0.2) is 0 Å². The Labute approximate surface area is 175 Å². The van der Waals surface area contributed by atoms with Crippen LogP contribution in [0.2, 0.25) is 0 Å². The van der Waals surface area contributed by atoms with Gasteiger partial charge in [0.25, 0.3) is 5.91 Å². The fraction of sp³-hybridized carbons (Fsp3) is 0.476. The number of carbonyl (C=O) groups is 2. The Morgan fingerprint density at radius 2 is 1.83 bits per heavy atom. The van der Waals surface area contributed by atoms with E-state index in [1.165, 1.54) is 11.6 Å². The topological polar surface area (TPSA) is 110 Å². The van der Waals surface area contributed by atoms with Gasteiger partial charge >= 0.3 is 5.69 Å². The van der Waals surface area contributed by atoms with Gasteiger partial charge in [-0.15, -0.1) is 0 Å². The van der Waals surface area contributed by atoms with Crippen LogP contribution in [-0.2, 0) is 11.3 Å². The van der Waals surface area contributed by atoms with E-state index in [0.717, 1.165) is 6.42 Å². The number of piperidine rings is 1. The van der Waals surface area contributed by atoms with Crippen LogP contribution in [0.25, 0.3) is 0 Å². The number of carbonyl (C=O) groups excluding carboxylic acids is 2. The highest BCUT2D eigenvalue weighted by molar-refractivity contribution is 6.03. The molecule has 2 amide bonds. The summed E-state index contributed by atoms with van der Waals surface area (Å²) in [6, 6.07) is 6.91. The van der Waals surface area contributed by atoms with Crippen molar-refractivity contribution in [3.05, 3.63) is 51.3 Å². The van der Waals surface area contributed by atoms with E-state index in [-0.39, 0.29) is 23.8 Å². The Hall–Kier alpha value is -3.23. The highest BCUT2D eigenvalue weighted by atomic mass is 16.6. The number of rotatable bonds is 5. The monoisotopic (exact) mass is 413 g/mol. The standard InChI is InChI=1S/C21H27N5O4/c1-13-9-14(2)11-24(10-13)21(28)17-7-5-6-8-18(17)22-19(27)12-25-16(4)20(26(29)30)15(3)23-25/h5-8,13-14H,9-12H2,1-4H3,(H,22,27). The van der Waals surface area contributed by atoms with Crippen LogP contribution in [0.1, 0.15) is 42.0 Å². The summed E-state index contributed by atoms with van der Waals surface area (Å²) in [5, 5.41) is 18.0. The number of amides is 2. The maximum Gasteiger partial charge on any atom is 0.312 e. The molecule has 2 unspecified atom stereocenters. The number of benzene rings is 1. The van der Waals surface area contributed by atoms with Gasteiger partial charge in [0.15, 0.2) is 0 Å². The lowest BCUT2D eigenvalue weighted by Crippen LogP contribution is -2.42. The van der Waals surface area contributed by atoms with Gasteiger partial charge in [-0.1, -0.05) is 26.0 Å². The van der Waals surface area contributed by atoms with Crippen molar-refractivity contribution in [2.45, 2.75) is 40.7 Å². The minimum atomic E-state index is -0.499. The molecule has 30 heavy (non-hydrogen) atoms. The van der Waals surface area contributed by atoms with Crippen LogP contribution in [-0.4, -0.2) is 44.5 Å². The first-order valence-electron chi connectivity index (χ1n) is 10.0. The molecule has 2 atom stereocenters. The molecule has 0 bridgehead atoms. The summed E-state index contributed by atoms with van der Waals surface area (Å²) in [6.45, 7) is 8.58. The maximum atomic E-state index is 13.1. The zero-order valence-corrected chi connectivity index (χ0v) is 17.7. The van der Waals surface area contributed by atoms with Crippen LogP contribution in [0.5, 0.6) is 0 Å². The van der Waals surface area contributed by atoms with Gasteiger partial charge in [0, 0.05) is 13.1 Å². The van der Waals surface area contributed by atoms with Crippen molar-refractivity contribution in [2.75, 3.05) is 18.4 Å². The first kappa shape index (κ1) is 21.5. The first-order valence-corrected chi connectivity index (χ1v) is 10.0. The van der Waals surface area contributed by atoms with Crippen molar-refractivity contribution >= 4 is 23.2 Å². The average Bonchev–Trinajstić information content (AvgIpc) is 2.94. The van der Waals surface area contributed by atoms with Gasteiger partial charge < -0.3 is 10.2 Å². The summed E-state index contributed by atoms with van der Waals surface area (Å²) in [7, 11) is 0. The number of likely N-dealkylation sites (tertiary alicyclic amines) is 1. The first-order chi connectivity index (χ1) is 14.2. The molecule has 0 spiro atoms. The van der Waals surface area contributed by atoms with Crippen LogP contribution in [0, 0.1) is 35.8 Å². The lowest BCUT2D eigenvalue weighted by Gasteiger charge is -2.35. The van der Waals surface area contributed by atoms with E-state index in [0.29, 0.717) is 41.9 Å². The predicted molar refractivity (Wildman–Crippen MR) is 112 cm³/mol. The molecule has 0 aliphatic carbocycles. The molecule has 1 fully saturated rings. The minimum Gasteiger partial charge on any atom is -0.338 e. The van der Waals surface area contributed by atoms with Crippen LogP contribution in [0.4, 0.5) is 11.4 Å². The van der Waals surface area contributed by atoms with Crippen LogP contribution in [0.15, 0.2) is 24.3 Å². The predicted octanol–water partition coefficient (Wildman–Crippen LogP) is 3.16. The lowest BCUT2D eigenvalue weighted by atomic mass is 9.91. The zero-order chi connectivity index (χ0) is 22.0. The van der Waals surface area contributed by atoms with Crippen molar-refractivity contribution in [2.24, 2.45) is 11.8 Å². The second-order valence-corrected chi connectivity index (χ2v) is 8.18. The Balaban J connectivity index is 1.77. The van der Waals surface area contributed by atoms with Gasteiger partial charge in [0.2, 0.25) is 5.91 Å². The number of aryl methyl sites for hydroxylation is 1. The van der Waals surface area contributed by atoms with Crippen LogP contribution >= 0.6 is 0 Å². The number of hydrogen-bond acceptors (Lipinski definition) is 5. The molecule has 0 saturated carbocycles. The Bertz CT molecular complexity index is 974. The van der Waals surface area contributed by atoms with E-state index in [1.807, 2.05) is 4.90 Å². The number of anilines is 1. The van der Waals surface area contributed by atoms with Crippen LogP contribution < -0.4 is 5.32 Å². The van der Waals surface area contributed by atoms with Crippen molar-refractivity contribution < 1.29 is 14.5 Å². The molecule has 9 heteroatoms. The third kappa shape index (κ3) is 4.50. The van der Waals surface area contributed by atoms with Crippen molar-refractivity contribution in [1.82, 2.24) is 14.7 Å². The van der Waals surface area contributed by atoms with Crippen molar-refractivity contribution in [3.63, 3.8) is 0 Å². The second kappa shape index (κ2) is 8.64. The van der Waals surface area contributed by atoms with Gasteiger partial charge in [-0.3, -0.25) is 24.4 Å². The van der Waals surface area contributed by atoms with E-state index in [1.54, 1.807) is 31.2 Å². The molecule has 0 radical (unpaired) electrons. The molecule has 9 nitrogen and oxygen atoms in total. The maximum absolute atomic E-state index is 13.1. The zero-order valence-electron chi connectivity index (χ0n) is 17.7. The molecule has 1 aliphatic rings. The molecule has 3 rings (SSSR count). The molecule has 1 aromatic heterocycles. The lowest BCUT2D eigenvalue weighted by molar-refractivity contribution is -0.386. The smallest absolute Gasteiger partial charge is 0.312 e. The summed E-state index contributed by atoms with van der Waals surface area (Å²) in [5.41, 5.74) is 1.34. The van der Waals surface area contributed by atoms with Crippen molar-refractivity contribution in [1.29, 1.82) is 0 Å². The van der Waals surface area contributed by atoms with Crippen LogP contribution in [0.3, 0.4) is 0 Å². The molecular weight excluding hydrogens is 386 g/mol. The van der Waals surface area contributed by atoms with Crippen molar-refractivity contribution in [3.8, 4) is 0 Å². The summed E-state index contributed by atoms with van der Waals surface area (Å²) in [6.07, 6.45) is 1.09. The largest absolute Gasteiger partial charge is 0.338 e. The summed E-state index contributed by atoms with van der Waals surface area (Å²) in [5.74, 6) is 0.352. The number of para-hydroxylation sites is 1. The number of nitro groups is 1. The molecule has 1 aliphatic heterocycles. The number of nitrogens with zero attached hydrogens (tertiary/aromatic N) is 4. The quantitative estimate of drug-likeness (QED) is 0.598. The van der Waals surface area contributed by atoms with E-state index in [2.05, 4.69) is 24.3 Å². The normalized spacial score (nSPS) is 18.9. The Morgan fingerprint density at radius 1 is 1.20 bits per heavy atom. The number of aromatic nitrogens is 2. The molecule has 1 N–H and O–H groups in total. The SMILES string of the molecule is Cc1nn(CC(=O)Nc2ccccc2C(=O)N2CC(C)CC(C)C2)c(C)c1[N+](=O)[O-]. The fourth-order valence-electron chi connectivity index (χ4n) is 4.21. The van der Waals surface area contributed by atoms with Gasteiger partial charge in [-0.05, 0) is 44.2 Å². The van der Waals surface area contributed by atoms with E-state index < -0.39 is 10.8 Å². The molecular formula is C21H27N5O4. The highest BCUT2D eigenvalue weighted by Crippen LogP contribution is 2.25. The minimum absolute atomic E-state index is 0.0910. The molecule has 160 valence electrons. The molecule has 1 aromatic carbocycles. The number of nitrogens with one attached hydrogen (secondary N) is 1. The summed E-state index contributed by atoms with van der Waals surface area (Å²) < 4.78 is 1.31. The van der Waals surface area contributed by atoms with Gasteiger partial charge in [0.1, 0.15) is 17.9 Å². The van der Waals surface area contributed by atoms with E-state index in [9.17, 15) is 19.7 Å². The average molecular weight is 413 g/mol. The molecule has 2 heterocycles. The van der Waals surface area contributed by atoms with Gasteiger partial charge in [0.05, 0.1) is 16.2 Å².